The highest BCUT2D eigenvalue weighted by atomic mass is 35.5. The van der Waals surface area contributed by atoms with Crippen LogP contribution < -0.4 is 5.48 Å². The largest absolute Gasteiger partial charge is 0.387 e. The van der Waals surface area contributed by atoms with Crippen molar-refractivity contribution in [1.29, 1.82) is 0 Å². The van der Waals surface area contributed by atoms with E-state index in [4.69, 9.17) is 16.4 Å². The van der Waals surface area contributed by atoms with Crippen LogP contribution in [0, 0.1) is 12.7 Å². The molecule has 0 atom stereocenters. The van der Waals surface area contributed by atoms with Crippen LogP contribution >= 0.6 is 11.6 Å². The van der Waals surface area contributed by atoms with Gasteiger partial charge in [-0.05, 0) is 65.2 Å². The van der Waals surface area contributed by atoms with Gasteiger partial charge in [-0.15, -0.1) is 0 Å². The van der Waals surface area contributed by atoms with Gasteiger partial charge in [0.25, 0.3) is 0 Å². The van der Waals surface area contributed by atoms with Crippen LogP contribution in [0.2, 0.25) is 5.02 Å². The van der Waals surface area contributed by atoms with Crippen LogP contribution in [0.25, 0.3) is 0 Å². The molecule has 1 aromatic rings. The Morgan fingerprint density at radius 2 is 1.85 bits per heavy atom. The van der Waals surface area contributed by atoms with Crippen molar-refractivity contribution < 1.29 is 14.3 Å². The van der Waals surface area contributed by atoms with E-state index in [-0.39, 0.29) is 5.82 Å². The zero-order valence-corrected chi connectivity index (χ0v) is 18.7. The van der Waals surface area contributed by atoms with E-state index in [0.29, 0.717) is 10.6 Å². The van der Waals surface area contributed by atoms with Crippen molar-refractivity contribution in [1.82, 2.24) is 5.48 Å². The molecule has 0 heterocycles. The smallest absolute Gasteiger partial charge is 0.127 e. The van der Waals surface area contributed by atoms with Crippen molar-refractivity contribution in [2.75, 3.05) is 0 Å². The highest BCUT2D eigenvalue weighted by molar-refractivity contribution is 6.30. The first-order valence-corrected chi connectivity index (χ1v) is 10.1. The summed E-state index contributed by atoms with van der Waals surface area (Å²) in [7, 11) is 0. The molecule has 0 unspecified atom stereocenters. The number of hydrogen-bond donors (Lipinski definition) is 2. The van der Waals surface area contributed by atoms with Crippen LogP contribution in [-0.2, 0) is 4.84 Å². The Morgan fingerprint density at radius 3 is 2.30 bits per heavy atom. The Kier molecular flexibility index (Phi) is 11.9. The summed E-state index contributed by atoms with van der Waals surface area (Å²) < 4.78 is 12.5. The Labute approximate surface area is 169 Å². The number of halogens is 2. The second-order valence-corrected chi connectivity index (χ2v) is 8.22. The quantitative estimate of drug-likeness (QED) is 0.356. The summed E-state index contributed by atoms with van der Waals surface area (Å²) >= 11 is 5.48. The monoisotopic (exact) mass is 401 g/mol. The lowest BCUT2D eigenvalue weighted by molar-refractivity contribution is -0.176. The Morgan fingerprint density at radius 1 is 1.22 bits per heavy atom. The number of hydrogen-bond acceptors (Lipinski definition) is 3. The summed E-state index contributed by atoms with van der Waals surface area (Å²) in [5, 5.41) is 10.5. The predicted octanol–water partition coefficient (Wildman–Crippen LogP) is 6.72. The number of allylic oxidation sites excluding steroid dienone is 2. The van der Waals surface area contributed by atoms with Crippen LogP contribution in [0.5, 0.6) is 0 Å². The van der Waals surface area contributed by atoms with Gasteiger partial charge >= 0.3 is 0 Å². The van der Waals surface area contributed by atoms with Crippen molar-refractivity contribution in [3.05, 3.63) is 46.4 Å². The SMILES string of the molecule is CCCC/C=C(\CCC)NOC(C)(C)C(C)(C)O.Cc1ccc(Cl)cc1F. The van der Waals surface area contributed by atoms with E-state index in [0.717, 1.165) is 25.0 Å². The standard InChI is InChI=1S/C15H31NO2.C7H6ClF/c1-7-9-10-12-13(11-8-2)16-18-15(5,6)14(3,4)17;1-5-2-3-6(8)4-7(5)9/h12,16-17H,7-11H2,1-6H3;2-4H,1H3/b13-12+;. The maximum atomic E-state index is 12.5. The molecule has 3 nitrogen and oxygen atoms in total. The van der Waals surface area contributed by atoms with Gasteiger partial charge in [-0.25, -0.2) is 4.39 Å². The lowest BCUT2D eigenvalue weighted by Gasteiger charge is -2.36. The highest BCUT2D eigenvalue weighted by Crippen LogP contribution is 2.24. The molecule has 5 heteroatoms. The summed E-state index contributed by atoms with van der Waals surface area (Å²) in [6.45, 7) is 13.3. The van der Waals surface area contributed by atoms with Crippen molar-refractivity contribution >= 4 is 11.6 Å². The van der Waals surface area contributed by atoms with Gasteiger partial charge in [-0.3, -0.25) is 10.3 Å². The number of nitrogens with one attached hydrogen (secondary N) is 1. The van der Waals surface area contributed by atoms with E-state index in [2.05, 4.69) is 25.4 Å². The average molecular weight is 402 g/mol. The first-order chi connectivity index (χ1) is 12.4. The minimum Gasteiger partial charge on any atom is -0.387 e. The normalized spacial score (nSPS) is 12.4. The third-order valence-electron chi connectivity index (χ3n) is 4.51. The van der Waals surface area contributed by atoms with Gasteiger partial charge in [0, 0.05) is 10.7 Å². The summed E-state index contributed by atoms with van der Waals surface area (Å²) in [5.74, 6) is -0.248. The fraction of sp³-hybridized carbons (Fsp3) is 0.636. The molecule has 0 aliphatic heterocycles. The lowest BCUT2D eigenvalue weighted by atomic mass is 9.90. The van der Waals surface area contributed by atoms with Crippen LogP contribution in [0.1, 0.15) is 79.2 Å². The molecule has 0 bridgehead atoms. The van der Waals surface area contributed by atoms with Crippen LogP contribution in [0.15, 0.2) is 30.0 Å². The van der Waals surface area contributed by atoms with Crippen LogP contribution in [0.3, 0.4) is 0 Å². The Bertz CT molecular complexity index is 580. The van der Waals surface area contributed by atoms with E-state index in [1.807, 2.05) is 13.8 Å². The van der Waals surface area contributed by atoms with Gasteiger partial charge in [-0.2, -0.15) is 0 Å². The zero-order valence-electron chi connectivity index (χ0n) is 18.0. The number of unbranched alkanes of at least 4 members (excludes halogenated alkanes) is 2. The van der Waals surface area contributed by atoms with E-state index >= 15 is 0 Å². The van der Waals surface area contributed by atoms with E-state index in [9.17, 15) is 9.50 Å². The molecule has 156 valence electrons. The van der Waals surface area contributed by atoms with Gasteiger partial charge in [0.1, 0.15) is 11.4 Å². The van der Waals surface area contributed by atoms with Gasteiger partial charge in [-0.1, -0.05) is 56.9 Å². The summed E-state index contributed by atoms with van der Waals surface area (Å²) in [6.07, 6.45) is 7.73. The fourth-order valence-electron chi connectivity index (χ4n) is 1.83. The van der Waals surface area contributed by atoms with Crippen LogP contribution in [-0.4, -0.2) is 16.3 Å². The first-order valence-electron chi connectivity index (χ1n) is 9.71. The zero-order chi connectivity index (χ0) is 21.1. The maximum absolute atomic E-state index is 12.5. The molecule has 0 fully saturated rings. The summed E-state index contributed by atoms with van der Waals surface area (Å²) in [4.78, 5) is 5.67. The number of hydroxylamine groups is 1. The number of aliphatic hydroxyl groups is 1. The molecule has 0 amide bonds. The molecule has 0 radical (unpaired) electrons. The van der Waals surface area contributed by atoms with Crippen molar-refractivity contribution in [3.63, 3.8) is 0 Å². The average Bonchev–Trinajstić information content (AvgIpc) is 2.56. The minimum absolute atomic E-state index is 0.248. The molecule has 0 aromatic heterocycles. The molecule has 1 rings (SSSR count). The molecule has 2 N–H and O–H groups in total. The van der Waals surface area contributed by atoms with Crippen molar-refractivity contribution in [2.24, 2.45) is 0 Å². The molecular weight excluding hydrogens is 365 g/mol. The van der Waals surface area contributed by atoms with Gasteiger partial charge in [0.2, 0.25) is 0 Å². The molecule has 0 saturated heterocycles. The van der Waals surface area contributed by atoms with Gasteiger partial charge < -0.3 is 5.11 Å². The molecule has 0 spiro atoms. The Balaban J connectivity index is 0.000000621. The molecule has 0 aliphatic carbocycles. The summed E-state index contributed by atoms with van der Waals surface area (Å²) in [5.41, 5.74) is 3.24. The third kappa shape index (κ3) is 10.7. The molecular formula is C22H37ClFNO2. The Hall–Kier alpha value is -1.10. The molecule has 27 heavy (non-hydrogen) atoms. The second-order valence-electron chi connectivity index (χ2n) is 7.79. The minimum atomic E-state index is -0.888. The van der Waals surface area contributed by atoms with Gasteiger partial charge in [0.15, 0.2) is 0 Å². The highest BCUT2D eigenvalue weighted by Gasteiger charge is 2.37. The number of benzene rings is 1. The van der Waals surface area contributed by atoms with E-state index < -0.39 is 11.2 Å². The molecule has 1 aromatic carbocycles. The van der Waals surface area contributed by atoms with Crippen molar-refractivity contribution in [2.45, 2.75) is 91.8 Å². The maximum Gasteiger partial charge on any atom is 0.127 e. The predicted molar refractivity (Wildman–Crippen MR) is 113 cm³/mol. The topological polar surface area (TPSA) is 41.5 Å². The first kappa shape index (κ1) is 25.9. The number of aryl methyl sites for hydroxylation is 1. The fourth-order valence-corrected chi connectivity index (χ4v) is 1.99. The van der Waals surface area contributed by atoms with Crippen molar-refractivity contribution in [3.8, 4) is 0 Å². The molecule has 0 aliphatic rings. The summed E-state index contributed by atoms with van der Waals surface area (Å²) in [6, 6.07) is 4.62. The molecule has 0 saturated carbocycles. The van der Waals surface area contributed by atoms with Gasteiger partial charge in [0.05, 0.1) is 5.60 Å². The second kappa shape index (κ2) is 12.4. The van der Waals surface area contributed by atoms with Crippen LogP contribution in [0.4, 0.5) is 4.39 Å². The third-order valence-corrected chi connectivity index (χ3v) is 4.75. The van der Waals surface area contributed by atoms with E-state index in [1.54, 1.807) is 32.9 Å². The van der Waals surface area contributed by atoms with E-state index in [1.165, 1.54) is 18.9 Å². The number of rotatable bonds is 9. The lowest BCUT2D eigenvalue weighted by Crippen LogP contribution is -2.49.